The summed E-state index contributed by atoms with van der Waals surface area (Å²) in [6, 6.07) is 9.64. The summed E-state index contributed by atoms with van der Waals surface area (Å²) < 4.78 is 5.28. The van der Waals surface area contributed by atoms with Gasteiger partial charge in [-0.3, -0.25) is 4.90 Å². The Kier molecular flexibility index (Phi) is 3.40. The van der Waals surface area contributed by atoms with E-state index in [1.54, 1.807) is 0 Å². The fourth-order valence-electron chi connectivity index (χ4n) is 1.88. The van der Waals surface area contributed by atoms with E-state index in [9.17, 15) is 5.26 Å². The van der Waals surface area contributed by atoms with Crippen LogP contribution in [-0.4, -0.2) is 31.2 Å². The van der Waals surface area contributed by atoms with Crippen molar-refractivity contribution in [1.82, 2.24) is 4.90 Å². The van der Waals surface area contributed by atoms with Crippen LogP contribution in [0.2, 0.25) is 0 Å². The van der Waals surface area contributed by atoms with E-state index in [0.29, 0.717) is 13.2 Å². The van der Waals surface area contributed by atoms with Crippen LogP contribution in [0.4, 0.5) is 5.69 Å². The van der Waals surface area contributed by atoms with Crippen LogP contribution < -0.4 is 5.73 Å². The quantitative estimate of drug-likeness (QED) is 0.755. The molecule has 1 heterocycles. The van der Waals surface area contributed by atoms with Gasteiger partial charge >= 0.3 is 0 Å². The van der Waals surface area contributed by atoms with Gasteiger partial charge in [0, 0.05) is 18.8 Å². The van der Waals surface area contributed by atoms with Gasteiger partial charge in [-0.2, -0.15) is 5.26 Å². The number of rotatable bonds is 2. The number of nitrogens with two attached hydrogens (primary N) is 1. The van der Waals surface area contributed by atoms with Crippen LogP contribution in [0.1, 0.15) is 11.6 Å². The molecule has 0 aliphatic carbocycles. The number of benzene rings is 1. The van der Waals surface area contributed by atoms with Crippen molar-refractivity contribution < 1.29 is 4.74 Å². The van der Waals surface area contributed by atoms with Crippen molar-refractivity contribution in [2.24, 2.45) is 0 Å². The van der Waals surface area contributed by atoms with Crippen LogP contribution in [0.5, 0.6) is 0 Å². The predicted octanol–water partition coefficient (Wildman–Crippen LogP) is 1.17. The van der Waals surface area contributed by atoms with Gasteiger partial charge in [-0.15, -0.1) is 0 Å². The molecule has 1 fully saturated rings. The summed E-state index contributed by atoms with van der Waals surface area (Å²) in [5.74, 6) is 0. The fraction of sp³-hybridized carbons (Fsp3) is 0.417. The third-order valence-corrected chi connectivity index (χ3v) is 2.79. The van der Waals surface area contributed by atoms with Gasteiger partial charge in [0.25, 0.3) is 0 Å². The number of hydrogen-bond acceptors (Lipinski definition) is 4. The molecule has 0 spiro atoms. The molecule has 1 saturated heterocycles. The largest absolute Gasteiger partial charge is 0.399 e. The van der Waals surface area contributed by atoms with Crippen molar-refractivity contribution in [3.63, 3.8) is 0 Å². The monoisotopic (exact) mass is 217 g/mol. The lowest BCUT2D eigenvalue weighted by molar-refractivity contribution is 0.0266. The molecule has 0 radical (unpaired) electrons. The molecule has 1 aromatic rings. The average Bonchev–Trinajstić information content (AvgIpc) is 2.34. The summed E-state index contributed by atoms with van der Waals surface area (Å²) in [6.45, 7) is 3.02. The normalized spacial score (nSPS) is 18.9. The highest BCUT2D eigenvalue weighted by Crippen LogP contribution is 2.21. The van der Waals surface area contributed by atoms with Crippen LogP contribution in [-0.2, 0) is 4.74 Å². The zero-order chi connectivity index (χ0) is 11.4. The van der Waals surface area contributed by atoms with E-state index < -0.39 is 0 Å². The topological polar surface area (TPSA) is 62.3 Å². The summed E-state index contributed by atoms with van der Waals surface area (Å²) in [4.78, 5) is 2.13. The Morgan fingerprint density at radius 3 is 2.44 bits per heavy atom. The second-order valence-corrected chi connectivity index (χ2v) is 3.85. The molecule has 1 aliphatic heterocycles. The Balaban J connectivity index is 2.15. The van der Waals surface area contributed by atoms with Gasteiger partial charge in [0.1, 0.15) is 6.04 Å². The molecule has 84 valence electrons. The Bertz CT molecular complexity index is 376. The van der Waals surface area contributed by atoms with Crippen LogP contribution in [0.15, 0.2) is 24.3 Å². The minimum Gasteiger partial charge on any atom is -0.399 e. The maximum Gasteiger partial charge on any atom is 0.124 e. The van der Waals surface area contributed by atoms with Crippen molar-refractivity contribution in [1.29, 1.82) is 5.26 Å². The third kappa shape index (κ3) is 2.32. The minimum absolute atomic E-state index is 0.190. The van der Waals surface area contributed by atoms with Crippen molar-refractivity contribution in [2.45, 2.75) is 6.04 Å². The molecule has 1 atom stereocenters. The number of nitriles is 1. The maximum absolute atomic E-state index is 9.24. The van der Waals surface area contributed by atoms with E-state index in [0.717, 1.165) is 24.3 Å². The molecular formula is C12H15N3O. The highest BCUT2D eigenvalue weighted by atomic mass is 16.5. The second kappa shape index (κ2) is 4.97. The lowest BCUT2D eigenvalue weighted by atomic mass is 10.1. The van der Waals surface area contributed by atoms with Gasteiger partial charge in [0.05, 0.1) is 19.3 Å². The number of nitrogens with zero attached hydrogens (tertiary/aromatic N) is 2. The molecule has 1 aliphatic rings. The van der Waals surface area contributed by atoms with Gasteiger partial charge in [-0.1, -0.05) is 12.1 Å². The molecule has 4 nitrogen and oxygen atoms in total. The number of morpholine rings is 1. The number of hydrogen-bond donors (Lipinski definition) is 1. The Labute approximate surface area is 95.2 Å². The first-order valence-electron chi connectivity index (χ1n) is 5.38. The molecular weight excluding hydrogens is 202 g/mol. The number of ether oxygens (including phenoxy) is 1. The van der Waals surface area contributed by atoms with Crippen molar-refractivity contribution in [3.8, 4) is 6.07 Å². The molecule has 2 N–H and O–H groups in total. The molecule has 0 saturated carbocycles. The van der Waals surface area contributed by atoms with E-state index in [-0.39, 0.29) is 6.04 Å². The van der Waals surface area contributed by atoms with Crippen LogP contribution in [0.25, 0.3) is 0 Å². The highest BCUT2D eigenvalue weighted by Gasteiger charge is 2.21. The molecule has 0 aromatic heterocycles. The first-order valence-corrected chi connectivity index (χ1v) is 5.38. The third-order valence-electron chi connectivity index (χ3n) is 2.79. The van der Waals surface area contributed by atoms with Crippen LogP contribution in [0, 0.1) is 11.3 Å². The van der Waals surface area contributed by atoms with Gasteiger partial charge in [-0.05, 0) is 17.7 Å². The molecule has 1 aromatic carbocycles. The van der Waals surface area contributed by atoms with Crippen molar-refractivity contribution in [2.75, 3.05) is 32.0 Å². The number of anilines is 1. The van der Waals surface area contributed by atoms with E-state index >= 15 is 0 Å². The first-order chi connectivity index (χ1) is 7.81. The van der Waals surface area contributed by atoms with Gasteiger partial charge in [-0.25, -0.2) is 0 Å². The summed E-state index contributed by atoms with van der Waals surface area (Å²) in [6.07, 6.45) is 0. The SMILES string of the molecule is N#CC(c1ccc(N)cc1)N1CCOCC1. The minimum atomic E-state index is -0.190. The lowest BCUT2D eigenvalue weighted by Gasteiger charge is -2.30. The zero-order valence-corrected chi connectivity index (χ0v) is 9.10. The van der Waals surface area contributed by atoms with Gasteiger partial charge in [0.2, 0.25) is 0 Å². The Morgan fingerprint density at radius 2 is 1.88 bits per heavy atom. The first kappa shape index (κ1) is 10.9. The second-order valence-electron chi connectivity index (χ2n) is 3.85. The maximum atomic E-state index is 9.24. The van der Waals surface area contributed by atoms with E-state index in [1.165, 1.54) is 0 Å². The molecule has 1 unspecified atom stereocenters. The molecule has 0 amide bonds. The van der Waals surface area contributed by atoms with Crippen molar-refractivity contribution in [3.05, 3.63) is 29.8 Å². The smallest absolute Gasteiger partial charge is 0.124 e. The van der Waals surface area contributed by atoms with Crippen LogP contribution >= 0.6 is 0 Å². The Hall–Kier alpha value is -1.57. The molecule has 0 bridgehead atoms. The lowest BCUT2D eigenvalue weighted by Crippen LogP contribution is -2.38. The van der Waals surface area contributed by atoms with Gasteiger partial charge in [0.15, 0.2) is 0 Å². The fourth-order valence-corrected chi connectivity index (χ4v) is 1.88. The molecule has 4 heteroatoms. The van der Waals surface area contributed by atoms with E-state index in [2.05, 4.69) is 11.0 Å². The highest BCUT2D eigenvalue weighted by molar-refractivity contribution is 5.41. The average molecular weight is 217 g/mol. The summed E-state index contributed by atoms with van der Waals surface area (Å²) in [5, 5.41) is 9.24. The Morgan fingerprint density at radius 1 is 1.25 bits per heavy atom. The number of nitrogen functional groups attached to an aromatic ring is 1. The predicted molar refractivity (Wildman–Crippen MR) is 61.6 cm³/mol. The van der Waals surface area contributed by atoms with Crippen molar-refractivity contribution >= 4 is 5.69 Å². The van der Waals surface area contributed by atoms with E-state index in [4.69, 9.17) is 10.5 Å². The van der Waals surface area contributed by atoms with E-state index in [1.807, 2.05) is 24.3 Å². The molecule has 2 rings (SSSR count). The van der Waals surface area contributed by atoms with Crippen LogP contribution in [0.3, 0.4) is 0 Å². The summed E-state index contributed by atoms with van der Waals surface area (Å²) in [7, 11) is 0. The van der Waals surface area contributed by atoms with Gasteiger partial charge < -0.3 is 10.5 Å². The summed E-state index contributed by atoms with van der Waals surface area (Å²) in [5.41, 5.74) is 7.35. The zero-order valence-electron chi connectivity index (χ0n) is 9.10. The standard InChI is InChI=1S/C12H15N3O/c13-9-12(15-5-7-16-8-6-15)10-1-3-11(14)4-2-10/h1-4,12H,5-8,14H2. The summed E-state index contributed by atoms with van der Waals surface area (Å²) >= 11 is 0. The molecule has 16 heavy (non-hydrogen) atoms.